The summed E-state index contributed by atoms with van der Waals surface area (Å²) in [6.07, 6.45) is 0. The summed E-state index contributed by atoms with van der Waals surface area (Å²) in [5.74, 6) is 0.976. The number of rotatable bonds is 2. The molecule has 1 aliphatic rings. The van der Waals surface area contributed by atoms with Crippen molar-refractivity contribution in [3.8, 4) is 5.69 Å². The molecule has 7 heteroatoms. The summed E-state index contributed by atoms with van der Waals surface area (Å²) < 4.78 is 6.90. The first-order chi connectivity index (χ1) is 9.24. The van der Waals surface area contributed by atoms with E-state index in [4.69, 9.17) is 22.1 Å². The van der Waals surface area contributed by atoms with Crippen LogP contribution in [-0.4, -0.2) is 41.1 Å². The van der Waals surface area contributed by atoms with Gasteiger partial charge in [0.2, 0.25) is 11.9 Å². The van der Waals surface area contributed by atoms with E-state index in [0.717, 1.165) is 18.8 Å². The number of halogens is 1. The van der Waals surface area contributed by atoms with Gasteiger partial charge < -0.3 is 15.4 Å². The fourth-order valence-corrected chi connectivity index (χ4v) is 2.19. The van der Waals surface area contributed by atoms with Crippen LogP contribution in [0.5, 0.6) is 0 Å². The zero-order chi connectivity index (χ0) is 13.2. The van der Waals surface area contributed by atoms with E-state index in [9.17, 15) is 0 Å². The topological polar surface area (TPSA) is 69.2 Å². The van der Waals surface area contributed by atoms with Gasteiger partial charge in [-0.3, -0.25) is 0 Å². The van der Waals surface area contributed by atoms with Crippen LogP contribution in [0.15, 0.2) is 24.3 Å². The average molecular weight is 280 g/mol. The molecule has 2 N–H and O–H groups in total. The van der Waals surface area contributed by atoms with Crippen LogP contribution in [-0.2, 0) is 4.74 Å². The molecule has 0 unspecified atom stereocenters. The van der Waals surface area contributed by atoms with Crippen molar-refractivity contribution in [2.45, 2.75) is 0 Å². The lowest BCUT2D eigenvalue weighted by atomic mass is 10.3. The van der Waals surface area contributed by atoms with Gasteiger partial charge >= 0.3 is 0 Å². The molecule has 2 heterocycles. The third-order valence-corrected chi connectivity index (χ3v) is 3.20. The standard InChI is InChI=1S/C12H14ClN5O/c13-9-2-1-3-10(8-9)18-11(14)15-12(16-18)17-4-6-19-7-5-17/h1-3,8H,4-7H2,(H2,14,15,16). The highest BCUT2D eigenvalue weighted by atomic mass is 35.5. The van der Waals surface area contributed by atoms with Crippen LogP contribution < -0.4 is 10.6 Å². The van der Waals surface area contributed by atoms with Gasteiger partial charge in [-0.15, -0.1) is 5.10 Å². The van der Waals surface area contributed by atoms with Gasteiger partial charge in [-0.25, -0.2) is 0 Å². The smallest absolute Gasteiger partial charge is 0.247 e. The monoisotopic (exact) mass is 279 g/mol. The summed E-state index contributed by atoms with van der Waals surface area (Å²) in [5, 5.41) is 5.08. The van der Waals surface area contributed by atoms with Crippen LogP contribution in [0.3, 0.4) is 0 Å². The quantitative estimate of drug-likeness (QED) is 0.898. The van der Waals surface area contributed by atoms with Crippen LogP contribution in [0.25, 0.3) is 5.69 Å². The van der Waals surface area contributed by atoms with Crippen molar-refractivity contribution in [3.05, 3.63) is 29.3 Å². The predicted molar refractivity (Wildman–Crippen MR) is 73.8 cm³/mol. The zero-order valence-electron chi connectivity index (χ0n) is 10.3. The number of nitrogens with zero attached hydrogens (tertiary/aromatic N) is 4. The third kappa shape index (κ3) is 2.50. The normalized spacial score (nSPS) is 15.7. The predicted octanol–water partition coefficient (Wildman–Crippen LogP) is 1.34. The van der Waals surface area contributed by atoms with Crippen molar-refractivity contribution in [3.63, 3.8) is 0 Å². The summed E-state index contributed by atoms with van der Waals surface area (Å²) in [7, 11) is 0. The zero-order valence-corrected chi connectivity index (χ0v) is 11.0. The van der Waals surface area contributed by atoms with E-state index in [0.29, 0.717) is 30.1 Å². The summed E-state index contributed by atoms with van der Waals surface area (Å²) in [6, 6.07) is 7.35. The molecule has 0 saturated carbocycles. The van der Waals surface area contributed by atoms with E-state index >= 15 is 0 Å². The van der Waals surface area contributed by atoms with Crippen molar-refractivity contribution < 1.29 is 4.74 Å². The van der Waals surface area contributed by atoms with Gasteiger partial charge in [0.1, 0.15) is 0 Å². The first-order valence-electron chi connectivity index (χ1n) is 6.05. The Bertz CT molecular complexity index is 579. The number of ether oxygens (including phenoxy) is 1. The van der Waals surface area contributed by atoms with E-state index < -0.39 is 0 Å². The number of anilines is 2. The summed E-state index contributed by atoms with van der Waals surface area (Å²) in [5.41, 5.74) is 6.72. The second-order valence-electron chi connectivity index (χ2n) is 4.26. The van der Waals surface area contributed by atoms with E-state index in [1.54, 1.807) is 16.8 Å². The molecular formula is C12H14ClN5O. The minimum Gasteiger partial charge on any atom is -0.378 e. The van der Waals surface area contributed by atoms with Gasteiger partial charge in [0.05, 0.1) is 18.9 Å². The molecule has 1 aromatic heterocycles. The highest BCUT2D eigenvalue weighted by Crippen LogP contribution is 2.19. The molecule has 0 bridgehead atoms. The Kier molecular flexibility index (Phi) is 3.27. The maximum absolute atomic E-state index is 5.97. The molecule has 0 amide bonds. The Morgan fingerprint density at radius 2 is 2.05 bits per heavy atom. The van der Waals surface area contributed by atoms with Gasteiger partial charge in [-0.2, -0.15) is 9.67 Å². The first kappa shape index (κ1) is 12.3. The molecule has 6 nitrogen and oxygen atoms in total. The fraction of sp³-hybridized carbons (Fsp3) is 0.333. The second kappa shape index (κ2) is 5.07. The minimum absolute atomic E-state index is 0.351. The molecule has 1 aromatic carbocycles. The highest BCUT2D eigenvalue weighted by molar-refractivity contribution is 6.30. The SMILES string of the molecule is Nc1nc(N2CCOCC2)nn1-c1cccc(Cl)c1. The largest absolute Gasteiger partial charge is 0.378 e. The molecule has 0 radical (unpaired) electrons. The van der Waals surface area contributed by atoms with Gasteiger partial charge in [0.15, 0.2) is 0 Å². The molecule has 0 aliphatic carbocycles. The summed E-state index contributed by atoms with van der Waals surface area (Å²) >= 11 is 5.97. The van der Waals surface area contributed by atoms with Crippen molar-refractivity contribution in [2.75, 3.05) is 36.9 Å². The Labute approximate surface area is 115 Å². The Hall–Kier alpha value is -1.79. The molecule has 100 valence electrons. The molecular weight excluding hydrogens is 266 g/mol. The van der Waals surface area contributed by atoms with E-state index in [-0.39, 0.29) is 0 Å². The molecule has 1 aliphatic heterocycles. The minimum atomic E-state index is 0.351. The molecule has 19 heavy (non-hydrogen) atoms. The van der Waals surface area contributed by atoms with Crippen molar-refractivity contribution >= 4 is 23.5 Å². The number of hydrogen-bond donors (Lipinski definition) is 1. The van der Waals surface area contributed by atoms with Crippen molar-refractivity contribution in [2.24, 2.45) is 0 Å². The Morgan fingerprint density at radius 3 is 2.79 bits per heavy atom. The number of aromatic nitrogens is 3. The van der Waals surface area contributed by atoms with Crippen LogP contribution in [0, 0.1) is 0 Å². The maximum Gasteiger partial charge on any atom is 0.247 e. The van der Waals surface area contributed by atoms with Crippen LogP contribution in [0.4, 0.5) is 11.9 Å². The summed E-state index contributed by atoms with van der Waals surface area (Å²) in [6.45, 7) is 2.93. The van der Waals surface area contributed by atoms with E-state index in [1.165, 1.54) is 0 Å². The Balaban J connectivity index is 1.92. The third-order valence-electron chi connectivity index (χ3n) is 2.97. The molecule has 3 rings (SSSR count). The molecule has 2 aromatic rings. The van der Waals surface area contributed by atoms with Gasteiger partial charge in [0.25, 0.3) is 0 Å². The average Bonchev–Trinajstić information content (AvgIpc) is 2.82. The Morgan fingerprint density at radius 1 is 1.26 bits per heavy atom. The number of hydrogen-bond acceptors (Lipinski definition) is 5. The molecule has 0 atom stereocenters. The molecule has 1 saturated heterocycles. The van der Waals surface area contributed by atoms with Crippen LogP contribution in [0.2, 0.25) is 5.02 Å². The van der Waals surface area contributed by atoms with Gasteiger partial charge in [-0.05, 0) is 18.2 Å². The number of nitrogen functional groups attached to an aromatic ring is 1. The lowest BCUT2D eigenvalue weighted by Gasteiger charge is -2.25. The number of nitrogens with two attached hydrogens (primary N) is 1. The molecule has 0 spiro atoms. The molecule has 1 fully saturated rings. The first-order valence-corrected chi connectivity index (χ1v) is 6.43. The van der Waals surface area contributed by atoms with E-state index in [1.807, 2.05) is 12.1 Å². The number of benzene rings is 1. The summed E-state index contributed by atoms with van der Waals surface area (Å²) in [4.78, 5) is 6.35. The van der Waals surface area contributed by atoms with Crippen molar-refractivity contribution in [1.29, 1.82) is 0 Å². The van der Waals surface area contributed by atoms with Crippen molar-refractivity contribution in [1.82, 2.24) is 14.8 Å². The second-order valence-corrected chi connectivity index (χ2v) is 4.70. The van der Waals surface area contributed by atoms with Crippen LogP contribution >= 0.6 is 11.6 Å². The van der Waals surface area contributed by atoms with Gasteiger partial charge in [0, 0.05) is 18.1 Å². The maximum atomic E-state index is 5.97. The highest BCUT2D eigenvalue weighted by Gasteiger charge is 2.17. The van der Waals surface area contributed by atoms with E-state index in [2.05, 4.69) is 15.0 Å². The van der Waals surface area contributed by atoms with Gasteiger partial charge in [-0.1, -0.05) is 17.7 Å². The fourth-order valence-electron chi connectivity index (χ4n) is 2.01. The number of morpholine rings is 1. The van der Waals surface area contributed by atoms with Crippen LogP contribution in [0.1, 0.15) is 0 Å². The lowest BCUT2D eigenvalue weighted by molar-refractivity contribution is 0.122. The lowest BCUT2D eigenvalue weighted by Crippen LogP contribution is -2.37.